The summed E-state index contributed by atoms with van der Waals surface area (Å²) in [4.78, 5) is 30.8. The zero-order valence-corrected chi connectivity index (χ0v) is 20.8. The van der Waals surface area contributed by atoms with Gasteiger partial charge >= 0.3 is 6.09 Å². The minimum absolute atomic E-state index is 0.0000804. The number of aromatic nitrogens is 1. The Labute approximate surface area is 211 Å². The molecule has 2 aromatic carbocycles. The van der Waals surface area contributed by atoms with Crippen molar-refractivity contribution in [2.24, 2.45) is 0 Å². The highest BCUT2D eigenvalue weighted by atomic mass is 35.5. The minimum Gasteiger partial charge on any atom is -0.444 e. The number of ether oxygens (including phenoxy) is 1. The van der Waals surface area contributed by atoms with E-state index in [1.165, 1.54) is 17.3 Å². The summed E-state index contributed by atoms with van der Waals surface area (Å²) < 4.78 is 32.8. The largest absolute Gasteiger partial charge is 0.444 e. The average Bonchev–Trinajstić information content (AvgIpc) is 2.74. The van der Waals surface area contributed by atoms with Crippen LogP contribution in [0.1, 0.15) is 42.3 Å². The summed E-state index contributed by atoms with van der Waals surface area (Å²) in [6.45, 7) is 5.21. The van der Waals surface area contributed by atoms with Crippen LogP contribution in [-0.2, 0) is 17.8 Å². The fraction of sp³-hybridized carbons (Fsp3) is 0.240. The zero-order valence-electron chi connectivity index (χ0n) is 19.2. The van der Waals surface area contributed by atoms with Gasteiger partial charge in [-0.05, 0) is 56.2 Å². The van der Waals surface area contributed by atoms with Crippen molar-refractivity contribution in [3.05, 3.63) is 93.2 Å². The number of anilines is 1. The summed E-state index contributed by atoms with van der Waals surface area (Å²) in [5.41, 5.74) is 0.579. The third-order valence-electron chi connectivity index (χ3n) is 4.60. The molecule has 0 radical (unpaired) electrons. The molecule has 0 spiro atoms. The Morgan fingerprint density at radius 1 is 1.03 bits per heavy atom. The number of amides is 2. The van der Waals surface area contributed by atoms with Crippen LogP contribution in [0, 0.1) is 11.6 Å². The predicted octanol–water partition coefficient (Wildman–Crippen LogP) is 6.86. The Bertz CT molecular complexity index is 1230. The lowest BCUT2D eigenvalue weighted by Crippen LogP contribution is -2.30. The van der Waals surface area contributed by atoms with Crippen molar-refractivity contribution < 1.29 is 23.1 Å². The monoisotopic (exact) mass is 521 g/mol. The van der Waals surface area contributed by atoms with Gasteiger partial charge < -0.3 is 9.64 Å². The lowest BCUT2D eigenvalue weighted by molar-refractivity contribution is 0.0634. The highest BCUT2D eigenvalue weighted by Crippen LogP contribution is 2.28. The fourth-order valence-corrected chi connectivity index (χ4v) is 3.60. The van der Waals surface area contributed by atoms with Gasteiger partial charge in [-0.3, -0.25) is 15.1 Å². The molecule has 0 unspecified atom stereocenters. The molecule has 10 heteroatoms. The van der Waals surface area contributed by atoms with E-state index < -0.39 is 29.2 Å². The Kier molecular flexibility index (Phi) is 8.30. The number of nitrogens with zero attached hydrogens (tertiary/aromatic N) is 2. The van der Waals surface area contributed by atoms with Crippen LogP contribution in [0.4, 0.5) is 19.3 Å². The molecule has 0 aliphatic rings. The summed E-state index contributed by atoms with van der Waals surface area (Å²) in [7, 11) is 0. The van der Waals surface area contributed by atoms with E-state index in [1.54, 1.807) is 45.0 Å². The lowest BCUT2D eigenvalue weighted by Gasteiger charge is -2.24. The first-order chi connectivity index (χ1) is 16.4. The standard InChI is InChI=1S/C25H23Cl2F2N3O3/c1-25(2,3)35-24(34)31-20-7-15(11-30-12-20)13-32(14-16-5-4-6-21(26)22(16)27)23(33)17-8-18(28)10-19(29)9-17/h4-12H,13-14H2,1-3H3,(H,31,34). The van der Waals surface area contributed by atoms with E-state index in [4.69, 9.17) is 27.9 Å². The molecule has 1 aromatic heterocycles. The average molecular weight is 522 g/mol. The van der Waals surface area contributed by atoms with E-state index in [0.717, 1.165) is 12.1 Å². The van der Waals surface area contributed by atoms with E-state index >= 15 is 0 Å². The van der Waals surface area contributed by atoms with Crippen LogP contribution in [0.2, 0.25) is 10.0 Å². The summed E-state index contributed by atoms with van der Waals surface area (Å²) in [5.74, 6) is -2.39. The van der Waals surface area contributed by atoms with Crippen molar-refractivity contribution in [2.75, 3.05) is 5.32 Å². The molecule has 0 aliphatic carbocycles. The van der Waals surface area contributed by atoms with E-state index in [0.29, 0.717) is 27.9 Å². The van der Waals surface area contributed by atoms with E-state index in [2.05, 4.69) is 10.3 Å². The Hall–Kier alpha value is -3.23. The van der Waals surface area contributed by atoms with Crippen LogP contribution in [-0.4, -0.2) is 27.5 Å². The number of hydrogen-bond donors (Lipinski definition) is 1. The van der Waals surface area contributed by atoms with Gasteiger partial charge in [-0.25, -0.2) is 13.6 Å². The van der Waals surface area contributed by atoms with E-state index in [-0.39, 0.29) is 23.7 Å². The highest BCUT2D eigenvalue weighted by Gasteiger charge is 2.21. The Morgan fingerprint density at radius 3 is 2.37 bits per heavy atom. The van der Waals surface area contributed by atoms with Gasteiger partial charge in [0.05, 0.1) is 21.9 Å². The number of benzene rings is 2. The maximum atomic E-state index is 13.8. The third kappa shape index (κ3) is 7.63. The molecule has 0 fully saturated rings. The maximum absolute atomic E-state index is 13.8. The number of pyridine rings is 1. The van der Waals surface area contributed by atoms with Crippen LogP contribution in [0.25, 0.3) is 0 Å². The van der Waals surface area contributed by atoms with Crippen molar-refractivity contribution in [1.29, 1.82) is 0 Å². The summed E-state index contributed by atoms with van der Waals surface area (Å²) in [6, 6.07) is 9.19. The van der Waals surface area contributed by atoms with Gasteiger partial charge in [-0.2, -0.15) is 0 Å². The Morgan fingerprint density at radius 2 is 1.71 bits per heavy atom. The molecule has 1 N–H and O–H groups in total. The van der Waals surface area contributed by atoms with Gasteiger partial charge in [0.15, 0.2) is 0 Å². The molecule has 0 aliphatic heterocycles. The van der Waals surface area contributed by atoms with Crippen molar-refractivity contribution in [3.63, 3.8) is 0 Å². The highest BCUT2D eigenvalue weighted by molar-refractivity contribution is 6.42. The molecule has 0 saturated heterocycles. The molecular formula is C25H23Cl2F2N3O3. The first-order valence-corrected chi connectivity index (χ1v) is 11.3. The minimum atomic E-state index is -0.876. The van der Waals surface area contributed by atoms with Gasteiger partial charge in [0, 0.05) is 30.9 Å². The van der Waals surface area contributed by atoms with Crippen molar-refractivity contribution in [2.45, 2.75) is 39.5 Å². The van der Waals surface area contributed by atoms with Crippen LogP contribution in [0.3, 0.4) is 0 Å². The maximum Gasteiger partial charge on any atom is 0.412 e. The number of carbonyl (C=O) groups is 2. The van der Waals surface area contributed by atoms with Gasteiger partial charge in [0.25, 0.3) is 5.91 Å². The molecule has 0 atom stereocenters. The molecule has 184 valence electrons. The fourth-order valence-electron chi connectivity index (χ4n) is 3.22. The molecule has 6 nitrogen and oxygen atoms in total. The van der Waals surface area contributed by atoms with Gasteiger partial charge in [0.1, 0.15) is 17.2 Å². The van der Waals surface area contributed by atoms with Gasteiger partial charge in [-0.15, -0.1) is 0 Å². The number of hydrogen-bond acceptors (Lipinski definition) is 4. The second-order valence-corrected chi connectivity index (χ2v) is 9.53. The number of halogens is 4. The van der Waals surface area contributed by atoms with Crippen LogP contribution < -0.4 is 5.32 Å². The molecule has 1 heterocycles. The molecule has 0 bridgehead atoms. The quantitative estimate of drug-likeness (QED) is 0.384. The van der Waals surface area contributed by atoms with Gasteiger partial charge in [0.2, 0.25) is 0 Å². The summed E-state index contributed by atoms with van der Waals surface area (Å²) >= 11 is 12.4. The third-order valence-corrected chi connectivity index (χ3v) is 5.46. The molecule has 3 aromatic rings. The molecule has 35 heavy (non-hydrogen) atoms. The van der Waals surface area contributed by atoms with Crippen molar-refractivity contribution in [3.8, 4) is 0 Å². The number of rotatable bonds is 6. The summed E-state index contributed by atoms with van der Waals surface area (Å²) in [5, 5.41) is 3.15. The molecule has 0 saturated carbocycles. The van der Waals surface area contributed by atoms with Crippen molar-refractivity contribution >= 4 is 40.9 Å². The van der Waals surface area contributed by atoms with Crippen LogP contribution in [0.5, 0.6) is 0 Å². The second-order valence-electron chi connectivity index (χ2n) is 8.74. The first kappa shape index (κ1) is 26.4. The normalized spacial score (nSPS) is 11.2. The lowest BCUT2D eigenvalue weighted by atomic mass is 10.1. The topological polar surface area (TPSA) is 71.5 Å². The number of nitrogens with one attached hydrogen (secondary N) is 1. The smallest absolute Gasteiger partial charge is 0.412 e. The second kappa shape index (κ2) is 11.0. The molecule has 2 amide bonds. The molecule has 3 rings (SSSR count). The van der Waals surface area contributed by atoms with E-state index in [1.807, 2.05) is 0 Å². The first-order valence-electron chi connectivity index (χ1n) is 10.5. The SMILES string of the molecule is CC(C)(C)OC(=O)Nc1cncc(CN(Cc2cccc(Cl)c2Cl)C(=O)c2cc(F)cc(F)c2)c1. The Balaban J connectivity index is 1.90. The predicted molar refractivity (Wildman–Crippen MR) is 130 cm³/mol. The summed E-state index contributed by atoms with van der Waals surface area (Å²) in [6.07, 6.45) is 2.27. The zero-order chi connectivity index (χ0) is 25.8. The molecular weight excluding hydrogens is 499 g/mol. The van der Waals surface area contributed by atoms with Gasteiger partial charge in [-0.1, -0.05) is 35.3 Å². The number of carbonyl (C=O) groups excluding carboxylic acids is 2. The van der Waals surface area contributed by atoms with Crippen LogP contribution >= 0.6 is 23.2 Å². The van der Waals surface area contributed by atoms with Crippen LogP contribution in [0.15, 0.2) is 54.9 Å². The van der Waals surface area contributed by atoms with Crippen molar-refractivity contribution in [1.82, 2.24) is 9.88 Å². The van der Waals surface area contributed by atoms with E-state index in [9.17, 15) is 18.4 Å².